The van der Waals surface area contributed by atoms with E-state index >= 15 is 0 Å². The SMILES string of the molecule is CCCNC(CC(F)(F)F)c1cccc(OC(F)(F)F)c1. The van der Waals surface area contributed by atoms with Gasteiger partial charge < -0.3 is 10.1 Å². The van der Waals surface area contributed by atoms with Gasteiger partial charge in [-0.15, -0.1) is 13.2 Å². The van der Waals surface area contributed by atoms with Crippen LogP contribution in [0.15, 0.2) is 24.3 Å². The molecule has 0 spiro atoms. The normalized spacial score (nSPS) is 14.0. The van der Waals surface area contributed by atoms with Crippen molar-refractivity contribution in [2.45, 2.75) is 38.3 Å². The molecule has 0 heterocycles. The molecule has 1 aromatic carbocycles. The summed E-state index contributed by atoms with van der Waals surface area (Å²) in [4.78, 5) is 0. The predicted molar refractivity (Wildman–Crippen MR) is 64.8 cm³/mol. The summed E-state index contributed by atoms with van der Waals surface area (Å²) in [6, 6.07) is 3.46. The number of halogens is 6. The van der Waals surface area contributed by atoms with Crippen LogP contribution in [-0.2, 0) is 0 Å². The van der Waals surface area contributed by atoms with Crippen LogP contribution in [0.1, 0.15) is 31.4 Å². The first-order valence-corrected chi connectivity index (χ1v) is 6.26. The van der Waals surface area contributed by atoms with E-state index in [1.807, 2.05) is 0 Å². The largest absolute Gasteiger partial charge is 0.573 e. The molecule has 0 saturated carbocycles. The zero-order chi connectivity index (χ0) is 16.1. The second kappa shape index (κ2) is 7.02. The van der Waals surface area contributed by atoms with Crippen LogP contribution in [0.3, 0.4) is 0 Å². The van der Waals surface area contributed by atoms with Crippen LogP contribution in [0, 0.1) is 0 Å². The lowest BCUT2D eigenvalue weighted by atomic mass is 10.0. The molecule has 0 saturated heterocycles. The van der Waals surface area contributed by atoms with Gasteiger partial charge in [0.15, 0.2) is 0 Å². The fraction of sp³-hybridized carbons (Fsp3) is 0.538. The van der Waals surface area contributed by atoms with Crippen LogP contribution >= 0.6 is 0 Å². The third-order valence-corrected chi connectivity index (χ3v) is 2.57. The summed E-state index contributed by atoms with van der Waals surface area (Å²) in [6.07, 6.45) is -9.86. The van der Waals surface area contributed by atoms with Crippen LogP contribution in [0.25, 0.3) is 0 Å². The van der Waals surface area contributed by atoms with Crippen molar-refractivity contribution in [1.82, 2.24) is 5.32 Å². The quantitative estimate of drug-likeness (QED) is 0.776. The number of alkyl halides is 6. The minimum atomic E-state index is -4.88. The smallest absolute Gasteiger partial charge is 0.406 e. The maximum atomic E-state index is 12.5. The van der Waals surface area contributed by atoms with Crippen molar-refractivity contribution in [1.29, 1.82) is 0 Å². The topological polar surface area (TPSA) is 21.3 Å². The van der Waals surface area contributed by atoms with Gasteiger partial charge >= 0.3 is 12.5 Å². The minimum absolute atomic E-state index is 0.0996. The van der Waals surface area contributed by atoms with Crippen LogP contribution < -0.4 is 10.1 Å². The molecule has 1 N–H and O–H groups in total. The molecule has 8 heteroatoms. The molecule has 0 aliphatic rings. The molecule has 0 aliphatic carbocycles. The van der Waals surface area contributed by atoms with Crippen molar-refractivity contribution in [2.24, 2.45) is 0 Å². The Balaban J connectivity index is 2.93. The number of benzene rings is 1. The molecule has 1 aromatic rings. The van der Waals surface area contributed by atoms with Gasteiger partial charge in [-0.3, -0.25) is 0 Å². The maximum Gasteiger partial charge on any atom is 0.573 e. The fourth-order valence-electron chi connectivity index (χ4n) is 1.79. The van der Waals surface area contributed by atoms with Crippen LogP contribution in [0.5, 0.6) is 5.75 Å². The lowest BCUT2D eigenvalue weighted by Crippen LogP contribution is -2.27. The van der Waals surface area contributed by atoms with Crippen molar-refractivity contribution < 1.29 is 31.1 Å². The Labute approximate surface area is 118 Å². The third kappa shape index (κ3) is 7.22. The highest BCUT2D eigenvalue weighted by atomic mass is 19.4. The van der Waals surface area contributed by atoms with Crippen molar-refractivity contribution in [3.8, 4) is 5.75 Å². The van der Waals surface area contributed by atoms with Gasteiger partial charge in [-0.25, -0.2) is 0 Å². The summed E-state index contributed by atoms with van der Waals surface area (Å²) in [5, 5.41) is 2.68. The highest BCUT2D eigenvalue weighted by Crippen LogP contribution is 2.32. The number of ether oxygens (including phenoxy) is 1. The van der Waals surface area contributed by atoms with Gasteiger partial charge in [-0.05, 0) is 30.7 Å². The van der Waals surface area contributed by atoms with E-state index in [4.69, 9.17) is 0 Å². The second-order valence-corrected chi connectivity index (χ2v) is 4.45. The molecule has 1 rings (SSSR count). The zero-order valence-corrected chi connectivity index (χ0v) is 11.2. The molecular formula is C13H15F6NO. The summed E-state index contributed by atoms with van der Waals surface area (Å²) in [5.74, 6) is -0.537. The van der Waals surface area contributed by atoms with Gasteiger partial charge in [0.05, 0.1) is 6.42 Å². The number of nitrogens with one attached hydrogen (secondary N) is 1. The Bertz CT molecular complexity index is 443. The molecule has 21 heavy (non-hydrogen) atoms. The van der Waals surface area contributed by atoms with E-state index in [1.165, 1.54) is 12.1 Å². The van der Waals surface area contributed by atoms with Gasteiger partial charge in [-0.1, -0.05) is 19.1 Å². The summed E-state index contributed by atoms with van der Waals surface area (Å²) in [7, 11) is 0. The molecule has 0 bridgehead atoms. The average molecular weight is 315 g/mol. The molecule has 2 nitrogen and oxygen atoms in total. The molecule has 1 unspecified atom stereocenters. The Hall–Kier alpha value is -1.44. The van der Waals surface area contributed by atoms with Gasteiger partial charge in [0.2, 0.25) is 0 Å². The lowest BCUT2D eigenvalue weighted by Gasteiger charge is -2.21. The standard InChI is InChI=1S/C13H15F6NO/c1-2-6-20-11(8-12(14,15)16)9-4-3-5-10(7-9)21-13(17,18)19/h3-5,7,11,20H,2,6,8H2,1H3. The van der Waals surface area contributed by atoms with E-state index in [1.54, 1.807) is 6.92 Å². The Kier molecular flexibility index (Phi) is 5.88. The monoisotopic (exact) mass is 315 g/mol. The molecule has 0 aromatic heterocycles. The molecule has 1 atom stereocenters. The molecular weight excluding hydrogens is 300 g/mol. The van der Waals surface area contributed by atoms with Crippen molar-refractivity contribution in [3.63, 3.8) is 0 Å². The lowest BCUT2D eigenvalue weighted by molar-refractivity contribution is -0.274. The second-order valence-electron chi connectivity index (χ2n) is 4.45. The molecule has 120 valence electrons. The van der Waals surface area contributed by atoms with E-state index < -0.39 is 30.8 Å². The van der Waals surface area contributed by atoms with Crippen molar-refractivity contribution in [3.05, 3.63) is 29.8 Å². The number of hydrogen-bond acceptors (Lipinski definition) is 2. The van der Waals surface area contributed by atoms with E-state index in [9.17, 15) is 26.3 Å². The van der Waals surface area contributed by atoms with Crippen molar-refractivity contribution in [2.75, 3.05) is 6.54 Å². The summed E-state index contributed by atoms with van der Waals surface area (Å²) < 4.78 is 77.7. The Morgan fingerprint density at radius 2 is 1.81 bits per heavy atom. The van der Waals surface area contributed by atoms with E-state index in [-0.39, 0.29) is 5.56 Å². The van der Waals surface area contributed by atoms with Gasteiger partial charge in [0.1, 0.15) is 5.75 Å². The summed E-state index contributed by atoms with van der Waals surface area (Å²) in [6.45, 7) is 2.10. The first-order valence-electron chi connectivity index (χ1n) is 6.26. The third-order valence-electron chi connectivity index (χ3n) is 2.57. The molecule has 0 fully saturated rings. The predicted octanol–water partition coefficient (Wildman–Crippen LogP) is 4.58. The number of rotatable bonds is 6. The Morgan fingerprint density at radius 3 is 2.33 bits per heavy atom. The highest BCUT2D eigenvalue weighted by molar-refractivity contribution is 5.31. The van der Waals surface area contributed by atoms with E-state index in [2.05, 4.69) is 10.1 Å². The first-order chi connectivity index (χ1) is 9.61. The van der Waals surface area contributed by atoms with E-state index in [0.717, 1.165) is 12.1 Å². The van der Waals surface area contributed by atoms with Crippen LogP contribution in [0.4, 0.5) is 26.3 Å². The van der Waals surface area contributed by atoms with Crippen LogP contribution in [-0.4, -0.2) is 19.1 Å². The zero-order valence-electron chi connectivity index (χ0n) is 11.2. The average Bonchev–Trinajstić information content (AvgIpc) is 2.31. The summed E-state index contributed by atoms with van der Waals surface area (Å²) >= 11 is 0. The highest BCUT2D eigenvalue weighted by Gasteiger charge is 2.34. The molecule has 0 aliphatic heterocycles. The van der Waals surface area contributed by atoms with E-state index in [0.29, 0.717) is 13.0 Å². The van der Waals surface area contributed by atoms with Crippen molar-refractivity contribution >= 4 is 0 Å². The maximum absolute atomic E-state index is 12.5. The minimum Gasteiger partial charge on any atom is -0.406 e. The first kappa shape index (κ1) is 17.6. The fourth-order valence-corrected chi connectivity index (χ4v) is 1.79. The van der Waals surface area contributed by atoms with Crippen LogP contribution in [0.2, 0.25) is 0 Å². The molecule has 0 amide bonds. The van der Waals surface area contributed by atoms with Gasteiger partial charge in [0, 0.05) is 6.04 Å². The summed E-state index contributed by atoms with van der Waals surface area (Å²) in [5.41, 5.74) is 0.0996. The van der Waals surface area contributed by atoms with Gasteiger partial charge in [0.25, 0.3) is 0 Å². The number of hydrogen-bond donors (Lipinski definition) is 1. The molecule has 0 radical (unpaired) electrons. The Morgan fingerprint density at radius 1 is 1.14 bits per heavy atom. The van der Waals surface area contributed by atoms with Gasteiger partial charge in [-0.2, -0.15) is 13.2 Å².